The van der Waals surface area contributed by atoms with Gasteiger partial charge in [-0.1, -0.05) is 54.6 Å². The predicted molar refractivity (Wildman–Crippen MR) is 85.4 cm³/mol. The largest absolute Gasteiger partial charge is 0.372 e. The van der Waals surface area contributed by atoms with E-state index in [1.807, 2.05) is 6.07 Å². The molecule has 2 aromatic carbocycles. The molecule has 98 valence electrons. The Morgan fingerprint density at radius 3 is 1.79 bits per heavy atom. The molecule has 0 aliphatic heterocycles. The molecule has 0 unspecified atom stereocenters. The lowest BCUT2D eigenvalue weighted by molar-refractivity contribution is 0.866. The van der Waals surface area contributed by atoms with E-state index in [4.69, 9.17) is 0 Å². The maximum Gasteiger partial charge on any atom is 0.0366 e. The Labute approximate surface area is 116 Å². The first kappa shape index (κ1) is 13.4. The van der Waals surface area contributed by atoms with Crippen LogP contribution in [0.4, 0.5) is 5.69 Å². The Hall–Kier alpha value is -2.02. The molecule has 0 saturated heterocycles. The van der Waals surface area contributed by atoms with Crippen molar-refractivity contribution in [3.63, 3.8) is 0 Å². The second-order valence-electron chi connectivity index (χ2n) is 4.51. The summed E-state index contributed by atoms with van der Waals surface area (Å²) in [7, 11) is 0. The van der Waals surface area contributed by atoms with Crippen LogP contribution in [0.1, 0.15) is 25.0 Å². The van der Waals surface area contributed by atoms with E-state index in [1.165, 1.54) is 16.8 Å². The average molecular weight is 251 g/mol. The van der Waals surface area contributed by atoms with Crippen LogP contribution in [0.2, 0.25) is 0 Å². The highest BCUT2D eigenvalue weighted by atomic mass is 15.1. The third kappa shape index (κ3) is 3.72. The van der Waals surface area contributed by atoms with Crippen molar-refractivity contribution in [2.45, 2.75) is 13.8 Å². The van der Waals surface area contributed by atoms with E-state index in [-0.39, 0.29) is 0 Å². The van der Waals surface area contributed by atoms with E-state index in [9.17, 15) is 0 Å². The predicted octanol–water partition coefficient (Wildman–Crippen LogP) is 4.70. The van der Waals surface area contributed by atoms with Crippen molar-refractivity contribution >= 4 is 17.8 Å². The molecular weight excluding hydrogens is 230 g/mol. The molecule has 0 saturated carbocycles. The Bertz CT molecular complexity index is 507. The molecule has 0 aliphatic rings. The van der Waals surface area contributed by atoms with Gasteiger partial charge in [-0.2, -0.15) is 0 Å². The Morgan fingerprint density at radius 1 is 0.737 bits per heavy atom. The van der Waals surface area contributed by atoms with Gasteiger partial charge in [-0.15, -0.1) is 0 Å². The van der Waals surface area contributed by atoms with Crippen molar-refractivity contribution in [1.82, 2.24) is 0 Å². The molecule has 0 bridgehead atoms. The van der Waals surface area contributed by atoms with Gasteiger partial charge in [0.15, 0.2) is 0 Å². The van der Waals surface area contributed by atoms with Gasteiger partial charge < -0.3 is 4.90 Å². The van der Waals surface area contributed by atoms with Gasteiger partial charge in [-0.25, -0.2) is 0 Å². The van der Waals surface area contributed by atoms with E-state index in [0.717, 1.165) is 13.1 Å². The Balaban J connectivity index is 2.09. The summed E-state index contributed by atoms with van der Waals surface area (Å²) >= 11 is 0. The van der Waals surface area contributed by atoms with Gasteiger partial charge in [0.2, 0.25) is 0 Å². The van der Waals surface area contributed by atoms with Gasteiger partial charge in [-0.3, -0.25) is 0 Å². The average Bonchev–Trinajstić information content (AvgIpc) is 2.49. The highest BCUT2D eigenvalue weighted by Crippen LogP contribution is 2.16. The quantitative estimate of drug-likeness (QED) is 0.696. The first-order valence-corrected chi connectivity index (χ1v) is 6.91. The number of benzene rings is 2. The van der Waals surface area contributed by atoms with Gasteiger partial charge >= 0.3 is 0 Å². The SMILES string of the molecule is CCN(CC)c1ccc(/C=C/c2ccccc2)cc1. The van der Waals surface area contributed by atoms with Crippen LogP contribution in [0.3, 0.4) is 0 Å². The first-order valence-electron chi connectivity index (χ1n) is 6.91. The lowest BCUT2D eigenvalue weighted by Gasteiger charge is -2.20. The second kappa shape index (κ2) is 6.79. The molecule has 0 N–H and O–H groups in total. The molecule has 0 atom stereocenters. The van der Waals surface area contributed by atoms with Crippen LogP contribution in [0, 0.1) is 0 Å². The smallest absolute Gasteiger partial charge is 0.0366 e. The molecule has 1 nitrogen and oxygen atoms in total. The van der Waals surface area contributed by atoms with E-state index in [2.05, 4.69) is 79.4 Å². The van der Waals surface area contributed by atoms with Crippen LogP contribution < -0.4 is 4.90 Å². The normalized spacial score (nSPS) is 10.8. The molecule has 0 heterocycles. The van der Waals surface area contributed by atoms with Crippen LogP contribution in [-0.2, 0) is 0 Å². The summed E-state index contributed by atoms with van der Waals surface area (Å²) in [5.41, 5.74) is 3.76. The third-order valence-corrected chi connectivity index (χ3v) is 3.29. The summed E-state index contributed by atoms with van der Waals surface area (Å²) in [6.45, 7) is 6.48. The minimum Gasteiger partial charge on any atom is -0.372 e. The van der Waals surface area contributed by atoms with Gasteiger partial charge in [0.05, 0.1) is 0 Å². The molecule has 19 heavy (non-hydrogen) atoms. The van der Waals surface area contributed by atoms with Crippen LogP contribution in [0.5, 0.6) is 0 Å². The topological polar surface area (TPSA) is 3.24 Å². The summed E-state index contributed by atoms with van der Waals surface area (Å²) in [4.78, 5) is 2.35. The van der Waals surface area contributed by atoms with Crippen molar-refractivity contribution in [3.8, 4) is 0 Å². The number of anilines is 1. The minimum absolute atomic E-state index is 1.05. The van der Waals surface area contributed by atoms with Crippen LogP contribution in [0.15, 0.2) is 54.6 Å². The van der Waals surface area contributed by atoms with Crippen molar-refractivity contribution < 1.29 is 0 Å². The lowest BCUT2D eigenvalue weighted by atomic mass is 10.1. The minimum atomic E-state index is 1.05. The molecule has 1 heteroatoms. The zero-order valence-corrected chi connectivity index (χ0v) is 11.7. The maximum absolute atomic E-state index is 2.35. The summed E-state index contributed by atoms with van der Waals surface area (Å²) in [6, 6.07) is 19.1. The summed E-state index contributed by atoms with van der Waals surface area (Å²) < 4.78 is 0. The highest BCUT2D eigenvalue weighted by molar-refractivity contribution is 5.70. The highest BCUT2D eigenvalue weighted by Gasteiger charge is 1.99. The second-order valence-corrected chi connectivity index (χ2v) is 4.51. The zero-order chi connectivity index (χ0) is 13.5. The standard InChI is InChI=1S/C18H21N/c1-3-19(4-2)18-14-12-17(13-15-18)11-10-16-8-6-5-7-9-16/h5-15H,3-4H2,1-2H3/b11-10+. The number of hydrogen-bond donors (Lipinski definition) is 0. The first-order chi connectivity index (χ1) is 9.33. The van der Waals surface area contributed by atoms with Crippen molar-refractivity contribution in [2.24, 2.45) is 0 Å². The van der Waals surface area contributed by atoms with E-state index in [0.29, 0.717) is 0 Å². The van der Waals surface area contributed by atoms with Gasteiger partial charge in [-0.05, 0) is 37.1 Å². The van der Waals surface area contributed by atoms with Crippen LogP contribution in [0.25, 0.3) is 12.2 Å². The van der Waals surface area contributed by atoms with Gasteiger partial charge in [0.25, 0.3) is 0 Å². The third-order valence-electron chi connectivity index (χ3n) is 3.29. The number of nitrogens with zero attached hydrogens (tertiary/aromatic N) is 1. The fourth-order valence-corrected chi connectivity index (χ4v) is 2.14. The zero-order valence-electron chi connectivity index (χ0n) is 11.7. The lowest BCUT2D eigenvalue weighted by Crippen LogP contribution is -2.21. The molecule has 0 aromatic heterocycles. The number of rotatable bonds is 5. The molecular formula is C18H21N. The molecule has 0 spiro atoms. The maximum atomic E-state index is 2.35. The van der Waals surface area contributed by atoms with E-state index < -0.39 is 0 Å². The Morgan fingerprint density at radius 2 is 1.26 bits per heavy atom. The van der Waals surface area contributed by atoms with Crippen LogP contribution in [-0.4, -0.2) is 13.1 Å². The van der Waals surface area contributed by atoms with E-state index in [1.54, 1.807) is 0 Å². The van der Waals surface area contributed by atoms with Crippen molar-refractivity contribution in [1.29, 1.82) is 0 Å². The fourth-order valence-electron chi connectivity index (χ4n) is 2.14. The van der Waals surface area contributed by atoms with Gasteiger partial charge in [0.1, 0.15) is 0 Å². The van der Waals surface area contributed by atoms with Gasteiger partial charge in [0, 0.05) is 18.8 Å². The summed E-state index contributed by atoms with van der Waals surface area (Å²) in [5, 5.41) is 0. The van der Waals surface area contributed by atoms with Crippen molar-refractivity contribution in [3.05, 3.63) is 65.7 Å². The molecule has 0 amide bonds. The summed E-state index contributed by atoms with van der Waals surface area (Å²) in [5.74, 6) is 0. The fraction of sp³-hybridized carbons (Fsp3) is 0.222. The molecule has 0 aliphatic carbocycles. The number of hydrogen-bond acceptors (Lipinski definition) is 1. The molecule has 0 radical (unpaired) electrons. The summed E-state index contributed by atoms with van der Waals surface area (Å²) in [6.07, 6.45) is 4.30. The molecule has 0 fully saturated rings. The monoisotopic (exact) mass is 251 g/mol. The molecule has 2 aromatic rings. The van der Waals surface area contributed by atoms with Crippen LogP contribution >= 0.6 is 0 Å². The molecule has 2 rings (SSSR count). The van der Waals surface area contributed by atoms with Crippen molar-refractivity contribution in [2.75, 3.05) is 18.0 Å². The van der Waals surface area contributed by atoms with E-state index >= 15 is 0 Å². The Kier molecular flexibility index (Phi) is 4.79.